The molecule has 0 amide bonds. The van der Waals surface area contributed by atoms with Gasteiger partial charge < -0.3 is 14.9 Å². The molecule has 0 aromatic carbocycles. The maximum absolute atomic E-state index is 9.56. The molecule has 2 aliphatic carbocycles. The number of rotatable bonds is 4. The third-order valence-electron chi connectivity index (χ3n) is 4.23. The summed E-state index contributed by atoms with van der Waals surface area (Å²) < 4.78 is 5.39. The summed E-state index contributed by atoms with van der Waals surface area (Å²) in [5, 5.41) is 19.1. The molecule has 0 heterocycles. The van der Waals surface area contributed by atoms with Gasteiger partial charge in [-0.05, 0) is 62.5 Å². The third kappa shape index (κ3) is 5.37. The van der Waals surface area contributed by atoms with E-state index in [1.165, 1.54) is 0 Å². The number of hydrogen-bond acceptors (Lipinski definition) is 3. The highest BCUT2D eigenvalue weighted by Gasteiger charge is 2.18. The van der Waals surface area contributed by atoms with E-state index < -0.39 is 0 Å². The van der Waals surface area contributed by atoms with E-state index in [-0.39, 0.29) is 12.2 Å². The van der Waals surface area contributed by atoms with Gasteiger partial charge in [-0.15, -0.1) is 0 Å². The molecule has 2 N–H and O–H groups in total. The van der Waals surface area contributed by atoms with Gasteiger partial charge in [0.15, 0.2) is 0 Å². The van der Waals surface area contributed by atoms with Crippen molar-refractivity contribution < 1.29 is 14.9 Å². The minimum Gasteiger partial charge on any atom is -0.473 e. The summed E-state index contributed by atoms with van der Waals surface area (Å²) in [5.74, 6) is 0.905. The Morgan fingerprint density at radius 3 is 1.63 bits per heavy atom. The van der Waals surface area contributed by atoms with Gasteiger partial charge in [-0.25, -0.2) is 0 Å². The average molecular weight is 266 g/mol. The molecular formula is C16H26O3. The molecule has 3 nitrogen and oxygen atoms in total. The first-order valence-corrected chi connectivity index (χ1v) is 7.59. The Bertz CT molecular complexity index is 281. The molecule has 0 aromatic rings. The molecule has 2 rings (SSSR count). The highest BCUT2D eigenvalue weighted by atomic mass is 16.5. The van der Waals surface area contributed by atoms with E-state index >= 15 is 0 Å². The molecule has 0 aromatic heterocycles. The zero-order valence-electron chi connectivity index (χ0n) is 11.6. The van der Waals surface area contributed by atoms with Crippen molar-refractivity contribution in [3.8, 4) is 0 Å². The second-order valence-corrected chi connectivity index (χ2v) is 5.95. The van der Waals surface area contributed by atoms with E-state index in [0.29, 0.717) is 11.8 Å². The molecule has 19 heavy (non-hydrogen) atoms. The lowest BCUT2D eigenvalue weighted by atomic mass is 9.87. The van der Waals surface area contributed by atoms with Crippen LogP contribution in [0.15, 0.2) is 24.7 Å². The summed E-state index contributed by atoms with van der Waals surface area (Å²) >= 11 is 0. The number of aliphatic hydroxyl groups is 2. The predicted molar refractivity (Wildman–Crippen MR) is 75.3 cm³/mol. The topological polar surface area (TPSA) is 49.7 Å². The molecule has 0 saturated heterocycles. The molecular weight excluding hydrogens is 240 g/mol. The fourth-order valence-electron chi connectivity index (χ4n) is 3.11. The lowest BCUT2D eigenvalue weighted by Gasteiger charge is -2.23. The van der Waals surface area contributed by atoms with Crippen LogP contribution in [0.1, 0.15) is 51.4 Å². The lowest BCUT2D eigenvalue weighted by Crippen LogP contribution is -2.18. The Morgan fingerprint density at radius 2 is 1.21 bits per heavy atom. The lowest BCUT2D eigenvalue weighted by molar-refractivity contribution is 0.112. The van der Waals surface area contributed by atoms with Gasteiger partial charge in [0.05, 0.1) is 24.7 Å². The van der Waals surface area contributed by atoms with Crippen molar-refractivity contribution in [2.45, 2.75) is 63.6 Å². The van der Waals surface area contributed by atoms with E-state index in [0.717, 1.165) is 51.4 Å². The van der Waals surface area contributed by atoms with Crippen LogP contribution in [-0.2, 0) is 4.74 Å². The Kier molecular flexibility index (Phi) is 5.93. The Morgan fingerprint density at radius 1 is 0.737 bits per heavy atom. The van der Waals surface area contributed by atoms with Crippen LogP contribution >= 0.6 is 0 Å². The molecule has 0 radical (unpaired) electrons. The van der Waals surface area contributed by atoms with E-state index in [1.54, 1.807) is 12.5 Å². The third-order valence-corrected chi connectivity index (χ3v) is 4.23. The van der Waals surface area contributed by atoms with Crippen LogP contribution in [0.4, 0.5) is 0 Å². The van der Waals surface area contributed by atoms with Crippen molar-refractivity contribution in [3.05, 3.63) is 24.7 Å². The first kappa shape index (κ1) is 14.6. The van der Waals surface area contributed by atoms with Gasteiger partial charge in [0.1, 0.15) is 0 Å². The molecule has 0 spiro atoms. The summed E-state index contributed by atoms with van der Waals surface area (Å²) in [6, 6.07) is 0. The summed E-state index contributed by atoms with van der Waals surface area (Å²) in [7, 11) is 0. The van der Waals surface area contributed by atoms with E-state index in [4.69, 9.17) is 4.74 Å². The average Bonchev–Trinajstić information content (AvgIpc) is 2.38. The summed E-state index contributed by atoms with van der Waals surface area (Å²) in [5.41, 5.74) is 0. The number of ether oxygens (including phenoxy) is 1. The quantitative estimate of drug-likeness (QED) is 0.769. The molecule has 108 valence electrons. The second-order valence-electron chi connectivity index (χ2n) is 5.95. The summed E-state index contributed by atoms with van der Waals surface area (Å²) in [6.07, 6.45) is 15.4. The Balaban J connectivity index is 1.65. The van der Waals surface area contributed by atoms with Crippen LogP contribution in [0.3, 0.4) is 0 Å². The van der Waals surface area contributed by atoms with Crippen molar-refractivity contribution in [2.75, 3.05) is 0 Å². The maximum Gasteiger partial charge on any atom is 0.0864 e. The van der Waals surface area contributed by atoms with Crippen LogP contribution in [0, 0.1) is 11.8 Å². The molecule has 2 aliphatic rings. The number of hydrogen-bond donors (Lipinski definition) is 2. The van der Waals surface area contributed by atoms with Crippen LogP contribution in [0.5, 0.6) is 0 Å². The van der Waals surface area contributed by atoms with Crippen molar-refractivity contribution in [1.82, 2.24) is 0 Å². The highest BCUT2D eigenvalue weighted by molar-refractivity contribution is 4.91. The number of allylic oxidation sites excluding steroid dienone is 2. The van der Waals surface area contributed by atoms with Crippen molar-refractivity contribution in [3.63, 3.8) is 0 Å². The largest absolute Gasteiger partial charge is 0.473 e. The van der Waals surface area contributed by atoms with Crippen molar-refractivity contribution in [2.24, 2.45) is 11.8 Å². The smallest absolute Gasteiger partial charge is 0.0864 e. The number of aliphatic hydroxyl groups excluding tert-OH is 2. The molecule has 2 saturated carbocycles. The monoisotopic (exact) mass is 266 g/mol. The molecule has 4 unspecified atom stereocenters. The SMILES string of the molecule is OC1CCCC(C=COC=CC2CCCC(O)C2)C1. The minimum absolute atomic E-state index is 0.136. The fraction of sp³-hybridized carbons (Fsp3) is 0.750. The highest BCUT2D eigenvalue weighted by Crippen LogP contribution is 2.26. The van der Waals surface area contributed by atoms with Crippen molar-refractivity contribution in [1.29, 1.82) is 0 Å². The van der Waals surface area contributed by atoms with E-state index in [1.807, 2.05) is 0 Å². The summed E-state index contributed by atoms with van der Waals surface area (Å²) in [6.45, 7) is 0. The molecule has 3 heteroatoms. The van der Waals surface area contributed by atoms with Crippen molar-refractivity contribution >= 4 is 0 Å². The van der Waals surface area contributed by atoms with Gasteiger partial charge in [-0.3, -0.25) is 0 Å². The normalized spacial score (nSPS) is 36.9. The van der Waals surface area contributed by atoms with Gasteiger partial charge in [-0.1, -0.05) is 12.8 Å². The van der Waals surface area contributed by atoms with Gasteiger partial charge in [-0.2, -0.15) is 0 Å². The molecule has 0 bridgehead atoms. The van der Waals surface area contributed by atoms with Gasteiger partial charge in [0.2, 0.25) is 0 Å². The predicted octanol–water partition coefficient (Wildman–Crippen LogP) is 3.13. The zero-order chi connectivity index (χ0) is 13.5. The first-order chi connectivity index (χ1) is 9.24. The molecule has 4 atom stereocenters. The maximum atomic E-state index is 9.56. The fourth-order valence-corrected chi connectivity index (χ4v) is 3.11. The van der Waals surface area contributed by atoms with E-state index in [2.05, 4.69) is 12.2 Å². The van der Waals surface area contributed by atoms with E-state index in [9.17, 15) is 10.2 Å². The first-order valence-electron chi connectivity index (χ1n) is 7.59. The molecule has 0 aliphatic heterocycles. The zero-order valence-corrected chi connectivity index (χ0v) is 11.6. The van der Waals surface area contributed by atoms with Crippen LogP contribution in [0.2, 0.25) is 0 Å². The minimum atomic E-state index is -0.136. The van der Waals surface area contributed by atoms with Gasteiger partial charge in [0.25, 0.3) is 0 Å². The van der Waals surface area contributed by atoms with Gasteiger partial charge in [0, 0.05) is 0 Å². The standard InChI is InChI=1S/C16H26O3/c17-15-5-1-3-13(11-15)7-9-19-10-8-14-4-2-6-16(18)12-14/h7-10,13-18H,1-6,11-12H2. The van der Waals surface area contributed by atoms with Gasteiger partial charge >= 0.3 is 0 Å². The second kappa shape index (κ2) is 7.71. The summed E-state index contributed by atoms with van der Waals surface area (Å²) in [4.78, 5) is 0. The molecule has 2 fully saturated rings. The van der Waals surface area contributed by atoms with Crippen LogP contribution < -0.4 is 0 Å². The van der Waals surface area contributed by atoms with Crippen LogP contribution in [-0.4, -0.2) is 22.4 Å². The Labute approximate surface area is 116 Å². The van der Waals surface area contributed by atoms with Crippen LogP contribution in [0.25, 0.3) is 0 Å². The Hall–Kier alpha value is -0.800.